The monoisotopic (exact) mass is 289 g/mol. The molecule has 0 fully saturated rings. The lowest BCUT2D eigenvalue weighted by atomic mass is 10.1. The summed E-state index contributed by atoms with van der Waals surface area (Å²) < 4.78 is 13.3. The van der Waals surface area contributed by atoms with Crippen LogP contribution in [0.1, 0.15) is 0 Å². The van der Waals surface area contributed by atoms with Gasteiger partial charge in [-0.1, -0.05) is 11.6 Å². The highest BCUT2D eigenvalue weighted by Gasteiger charge is 2.10. The fraction of sp³-hybridized carbons (Fsp3) is 0.0769. The standard InChI is InChI=1S/C13H9ClFN5/c1-20-17-7-12(19-20)11-4-8(5-13(14)18-11)10-6-9(15)2-3-16-10/h2-7H,1H3. The predicted octanol–water partition coefficient (Wildman–Crippen LogP) is 2.73. The first-order valence-electron chi connectivity index (χ1n) is 5.78. The van der Waals surface area contributed by atoms with Gasteiger partial charge in [-0.15, -0.1) is 0 Å². The molecule has 0 saturated carbocycles. The second-order valence-corrected chi connectivity index (χ2v) is 4.53. The van der Waals surface area contributed by atoms with Crippen molar-refractivity contribution in [3.05, 3.63) is 47.6 Å². The summed E-state index contributed by atoms with van der Waals surface area (Å²) in [6, 6.07) is 6.00. The van der Waals surface area contributed by atoms with E-state index >= 15 is 0 Å². The highest BCUT2D eigenvalue weighted by molar-refractivity contribution is 6.29. The van der Waals surface area contributed by atoms with Crippen LogP contribution >= 0.6 is 11.6 Å². The first-order valence-corrected chi connectivity index (χ1v) is 6.16. The summed E-state index contributed by atoms with van der Waals surface area (Å²) >= 11 is 6.01. The zero-order valence-corrected chi connectivity index (χ0v) is 11.2. The van der Waals surface area contributed by atoms with E-state index in [0.29, 0.717) is 22.6 Å². The van der Waals surface area contributed by atoms with Gasteiger partial charge in [-0.25, -0.2) is 9.37 Å². The Morgan fingerprint density at radius 2 is 2.00 bits per heavy atom. The van der Waals surface area contributed by atoms with Crippen molar-refractivity contribution in [3.8, 4) is 22.6 Å². The van der Waals surface area contributed by atoms with Gasteiger partial charge >= 0.3 is 0 Å². The maximum atomic E-state index is 13.3. The third-order valence-corrected chi connectivity index (χ3v) is 2.87. The molecule has 0 N–H and O–H groups in total. The summed E-state index contributed by atoms with van der Waals surface area (Å²) in [6.07, 6.45) is 2.99. The van der Waals surface area contributed by atoms with Crippen LogP contribution in [0.15, 0.2) is 36.7 Å². The van der Waals surface area contributed by atoms with Crippen LogP contribution in [0, 0.1) is 5.82 Å². The Balaban J connectivity index is 2.11. The summed E-state index contributed by atoms with van der Waals surface area (Å²) in [6.45, 7) is 0. The zero-order chi connectivity index (χ0) is 14.1. The van der Waals surface area contributed by atoms with Crippen molar-refractivity contribution in [2.24, 2.45) is 7.05 Å². The Morgan fingerprint density at radius 3 is 2.70 bits per heavy atom. The molecule has 0 radical (unpaired) electrons. The Bertz CT molecular complexity index is 771. The molecule has 0 atom stereocenters. The molecule has 0 unspecified atom stereocenters. The summed E-state index contributed by atoms with van der Waals surface area (Å²) in [5.74, 6) is -0.357. The summed E-state index contributed by atoms with van der Waals surface area (Å²) in [4.78, 5) is 9.75. The topological polar surface area (TPSA) is 56.5 Å². The van der Waals surface area contributed by atoms with E-state index in [2.05, 4.69) is 20.2 Å². The molecule has 3 aromatic heterocycles. The van der Waals surface area contributed by atoms with Crippen molar-refractivity contribution < 1.29 is 4.39 Å². The van der Waals surface area contributed by atoms with E-state index in [-0.39, 0.29) is 11.0 Å². The minimum absolute atomic E-state index is 0.286. The van der Waals surface area contributed by atoms with Crippen molar-refractivity contribution in [3.63, 3.8) is 0 Å². The van der Waals surface area contributed by atoms with Crippen LogP contribution in [0.4, 0.5) is 4.39 Å². The third-order valence-electron chi connectivity index (χ3n) is 2.67. The van der Waals surface area contributed by atoms with E-state index in [9.17, 15) is 4.39 Å². The van der Waals surface area contributed by atoms with Gasteiger partial charge in [-0.05, 0) is 18.2 Å². The smallest absolute Gasteiger partial charge is 0.131 e. The van der Waals surface area contributed by atoms with Gasteiger partial charge in [0.05, 0.1) is 17.6 Å². The molecule has 3 heterocycles. The molecule has 0 aliphatic heterocycles. The Hall–Kier alpha value is -2.34. The minimum Gasteiger partial charge on any atom is -0.256 e. The number of aryl methyl sites for hydroxylation is 1. The van der Waals surface area contributed by atoms with Gasteiger partial charge in [-0.3, -0.25) is 4.98 Å². The second-order valence-electron chi connectivity index (χ2n) is 4.14. The highest BCUT2D eigenvalue weighted by atomic mass is 35.5. The quantitative estimate of drug-likeness (QED) is 0.681. The van der Waals surface area contributed by atoms with Crippen LogP contribution in [-0.2, 0) is 7.05 Å². The predicted molar refractivity (Wildman–Crippen MR) is 72.4 cm³/mol. The Labute approximate surface area is 119 Å². The number of hydrogen-bond acceptors (Lipinski definition) is 4. The van der Waals surface area contributed by atoms with Crippen LogP contribution in [0.2, 0.25) is 5.15 Å². The fourth-order valence-electron chi connectivity index (χ4n) is 1.80. The molecule has 5 nitrogen and oxygen atoms in total. The zero-order valence-electron chi connectivity index (χ0n) is 10.5. The maximum Gasteiger partial charge on any atom is 0.131 e. The van der Waals surface area contributed by atoms with E-state index in [1.165, 1.54) is 23.1 Å². The van der Waals surface area contributed by atoms with Crippen LogP contribution in [0.3, 0.4) is 0 Å². The molecule has 0 aliphatic rings. The first-order chi connectivity index (χ1) is 9.61. The molecule has 3 aromatic rings. The maximum absolute atomic E-state index is 13.3. The van der Waals surface area contributed by atoms with Crippen molar-refractivity contribution >= 4 is 11.6 Å². The summed E-state index contributed by atoms with van der Waals surface area (Å²) in [5.41, 5.74) is 2.31. The molecule has 0 bridgehead atoms. The third kappa shape index (κ3) is 2.50. The Morgan fingerprint density at radius 1 is 1.15 bits per heavy atom. The number of pyridine rings is 2. The van der Waals surface area contributed by atoms with Crippen molar-refractivity contribution in [2.45, 2.75) is 0 Å². The van der Waals surface area contributed by atoms with E-state index < -0.39 is 0 Å². The minimum atomic E-state index is -0.357. The molecule has 0 aromatic carbocycles. The number of rotatable bonds is 2. The molecule has 0 amide bonds. The SMILES string of the molecule is Cn1ncc(-c2cc(-c3cc(F)ccn3)cc(Cl)n2)n1. The van der Waals surface area contributed by atoms with E-state index in [0.717, 1.165) is 0 Å². The lowest BCUT2D eigenvalue weighted by molar-refractivity contribution is 0.626. The number of hydrogen-bond donors (Lipinski definition) is 0. The van der Waals surface area contributed by atoms with E-state index in [4.69, 9.17) is 11.6 Å². The van der Waals surface area contributed by atoms with E-state index in [1.54, 1.807) is 25.4 Å². The fourth-order valence-corrected chi connectivity index (χ4v) is 2.01. The van der Waals surface area contributed by atoms with Gasteiger partial charge in [0, 0.05) is 24.9 Å². The van der Waals surface area contributed by atoms with Crippen molar-refractivity contribution in [1.29, 1.82) is 0 Å². The van der Waals surface area contributed by atoms with Gasteiger partial charge in [0.1, 0.15) is 16.7 Å². The normalized spacial score (nSPS) is 10.8. The molecule has 3 rings (SSSR count). The molecular formula is C13H9ClFN5. The lowest BCUT2D eigenvalue weighted by Crippen LogP contribution is -1.93. The van der Waals surface area contributed by atoms with Crippen LogP contribution in [0.25, 0.3) is 22.6 Å². The molecule has 20 heavy (non-hydrogen) atoms. The summed E-state index contributed by atoms with van der Waals surface area (Å²) in [5, 5.41) is 8.44. The van der Waals surface area contributed by atoms with Gasteiger partial charge in [0.25, 0.3) is 0 Å². The number of nitrogens with zero attached hydrogens (tertiary/aromatic N) is 5. The first kappa shape index (κ1) is 12.7. The highest BCUT2D eigenvalue weighted by Crippen LogP contribution is 2.25. The van der Waals surface area contributed by atoms with Crippen molar-refractivity contribution in [2.75, 3.05) is 0 Å². The van der Waals surface area contributed by atoms with Crippen LogP contribution in [-0.4, -0.2) is 25.0 Å². The molecule has 0 saturated heterocycles. The molecule has 7 heteroatoms. The molecule has 100 valence electrons. The Kier molecular flexibility index (Phi) is 3.15. The lowest BCUT2D eigenvalue weighted by Gasteiger charge is -2.04. The van der Waals surface area contributed by atoms with Crippen molar-refractivity contribution in [1.82, 2.24) is 25.0 Å². The van der Waals surface area contributed by atoms with Crippen LogP contribution < -0.4 is 0 Å². The molecule has 0 spiro atoms. The van der Waals surface area contributed by atoms with Gasteiger partial charge < -0.3 is 0 Å². The van der Waals surface area contributed by atoms with E-state index in [1.807, 2.05) is 0 Å². The number of halogens is 2. The van der Waals surface area contributed by atoms with Gasteiger partial charge in [-0.2, -0.15) is 15.0 Å². The van der Waals surface area contributed by atoms with Gasteiger partial charge in [0.15, 0.2) is 0 Å². The largest absolute Gasteiger partial charge is 0.256 e. The second kappa shape index (κ2) is 4.97. The van der Waals surface area contributed by atoms with Gasteiger partial charge in [0.2, 0.25) is 0 Å². The summed E-state index contributed by atoms with van der Waals surface area (Å²) in [7, 11) is 1.71. The molecule has 0 aliphatic carbocycles. The average Bonchev–Trinajstić information content (AvgIpc) is 2.85. The van der Waals surface area contributed by atoms with Crippen LogP contribution in [0.5, 0.6) is 0 Å². The average molecular weight is 290 g/mol. The molecular weight excluding hydrogens is 281 g/mol. The number of aromatic nitrogens is 5.